The molecule has 0 aromatic rings. The van der Waals surface area contributed by atoms with E-state index in [2.05, 4.69) is 0 Å². The molecule has 0 rings (SSSR count). The van der Waals surface area contributed by atoms with Crippen LogP contribution in [0.5, 0.6) is 0 Å². The van der Waals surface area contributed by atoms with E-state index in [0.717, 1.165) is 0 Å². The molecule has 0 atom stereocenters. The van der Waals surface area contributed by atoms with Gasteiger partial charge < -0.3 is 0 Å². The van der Waals surface area contributed by atoms with Crippen molar-refractivity contribution in [2.24, 2.45) is 0 Å². The fourth-order valence-electron chi connectivity index (χ4n) is 1.06. The standard InChI is InChI=1S/C4F9O6S3.2Na/c5-2(6,7)20(14,15)1(21(16,17)3(8,9)10)22(18,19)4(11,12)13;;. The molecule has 1 radical (unpaired) electrons. The molecule has 0 N–H and O–H groups in total. The Kier molecular flexibility index (Phi) is 7.99. The zero-order chi connectivity index (χ0) is 19.5. The molecule has 0 bridgehead atoms. The molecule has 0 saturated carbocycles. The predicted molar refractivity (Wildman–Crippen MR) is 59.2 cm³/mol. The van der Waals surface area contributed by atoms with Crippen molar-refractivity contribution in [3.63, 3.8) is 0 Å². The molecule has 0 heterocycles. The van der Waals surface area contributed by atoms with Crippen LogP contribution in [-0.2, 0) is 29.5 Å². The minimum atomic E-state index is -7.97. The average Bonchev–Trinajstić information content (AvgIpc) is 2.22. The van der Waals surface area contributed by atoms with Crippen LogP contribution in [0.15, 0.2) is 0 Å². The second-order valence-electron chi connectivity index (χ2n) is 3.71. The Morgan fingerprint density at radius 3 is 0.708 bits per heavy atom. The van der Waals surface area contributed by atoms with Crippen LogP contribution < -0.4 is 0 Å². The third-order valence-corrected chi connectivity index (χ3v) is 15.9. The van der Waals surface area contributed by atoms with E-state index in [-0.39, 0.29) is 29.6 Å². The summed E-state index contributed by atoms with van der Waals surface area (Å²) in [4.78, 5) is 0. The van der Waals surface area contributed by atoms with Gasteiger partial charge in [-0.05, 0) is 0 Å². The number of sulfone groups is 3. The van der Waals surface area contributed by atoms with Crippen LogP contribution in [-0.4, -0.2) is 99.9 Å². The molecule has 24 heavy (non-hydrogen) atoms. The zero-order valence-corrected chi connectivity index (χ0v) is 17.5. The minimum Gasteiger partial charge on any atom is 0 e. The molecule has 0 spiro atoms. The first kappa shape index (κ1) is 27.4. The van der Waals surface area contributed by atoms with E-state index in [9.17, 15) is 64.8 Å². The second kappa shape index (κ2) is 6.99. The van der Waals surface area contributed by atoms with Gasteiger partial charge in [0.1, 0.15) is 0 Å². The topological polar surface area (TPSA) is 102 Å². The molecule has 0 aliphatic carbocycles. The number of alkyl halides is 9. The maximum atomic E-state index is 12.3. The summed E-state index contributed by atoms with van der Waals surface area (Å²) in [5, 5.41) is 0. The normalized spacial score (nSPS) is 15.8. The maximum Gasteiger partial charge on any atom is 0 e. The van der Waals surface area contributed by atoms with E-state index in [1.807, 2.05) is 0 Å². The zero-order valence-electron chi connectivity index (χ0n) is 11.1. The summed E-state index contributed by atoms with van der Waals surface area (Å²) in [5.74, 6) is 0. The van der Waals surface area contributed by atoms with Gasteiger partial charge in [0.2, 0.25) is 0 Å². The third kappa shape index (κ3) is 3.76. The third-order valence-electron chi connectivity index (χ3n) is 2.38. The summed E-state index contributed by atoms with van der Waals surface area (Å²) in [7, 11) is -23.9. The average molecular weight is 457 g/mol. The van der Waals surface area contributed by atoms with Crippen molar-refractivity contribution in [2.45, 2.75) is 17.2 Å². The van der Waals surface area contributed by atoms with Crippen LogP contribution in [0.4, 0.5) is 39.5 Å². The molecule has 20 heteroatoms. The molecular formula is C4F9Na2O6S3. The largest absolute Gasteiger partial charge is 0 e. The van der Waals surface area contributed by atoms with Crippen LogP contribution in [0.1, 0.15) is 0 Å². The quantitative estimate of drug-likeness (QED) is 0.443. The number of rotatable bonds is 3. The summed E-state index contributed by atoms with van der Waals surface area (Å²) in [6.45, 7) is 0. The molecule has 0 amide bonds. The van der Waals surface area contributed by atoms with Crippen molar-refractivity contribution in [3.05, 3.63) is 0 Å². The van der Waals surface area contributed by atoms with Crippen molar-refractivity contribution >= 4 is 87.0 Å². The van der Waals surface area contributed by atoms with Crippen molar-refractivity contribution in [1.82, 2.24) is 0 Å². The summed E-state index contributed by atoms with van der Waals surface area (Å²) in [5.41, 5.74) is -21.1. The molecule has 0 aliphatic heterocycles. The van der Waals surface area contributed by atoms with Crippen LogP contribution >= 0.6 is 0 Å². The molecule has 0 aliphatic rings. The molecule has 0 aromatic heterocycles. The van der Waals surface area contributed by atoms with Crippen molar-refractivity contribution in [2.75, 3.05) is 0 Å². The minimum absolute atomic E-state index is 0. The van der Waals surface area contributed by atoms with E-state index in [0.29, 0.717) is 0 Å². The van der Waals surface area contributed by atoms with E-state index in [4.69, 9.17) is 0 Å². The molecule has 0 saturated heterocycles. The second-order valence-corrected chi connectivity index (χ2v) is 15.0. The van der Waals surface area contributed by atoms with Gasteiger partial charge in [-0.3, -0.25) is 0 Å². The summed E-state index contributed by atoms with van der Waals surface area (Å²) >= 11 is -2.74. The predicted octanol–water partition coefficient (Wildman–Crippen LogP) is 0.189. The van der Waals surface area contributed by atoms with Gasteiger partial charge in [0.15, 0.2) is 0 Å². The van der Waals surface area contributed by atoms with Crippen molar-refractivity contribution < 1.29 is 64.8 Å². The molecular weight excluding hydrogens is 457 g/mol. The maximum absolute atomic E-state index is 12.3. The molecule has 0 aromatic carbocycles. The summed E-state index contributed by atoms with van der Waals surface area (Å²) in [6, 6.07) is 0. The Morgan fingerprint density at radius 1 is 0.500 bits per heavy atom. The van der Waals surface area contributed by atoms with Crippen molar-refractivity contribution in [1.29, 1.82) is 0 Å². The fourth-order valence-corrected chi connectivity index (χ4v) is 9.58. The number of halogens is 9. The molecule has 6 nitrogen and oxygen atoms in total. The van der Waals surface area contributed by atoms with Crippen LogP contribution in [0.3, 0.4) is 0 Å². The Labute approximate surface area is 167 Å². The molecule has 0 fully saturated rings. The van der Waals surface area contributed by atoms with Gasteiger partial charge >= 0.3 is 139 Å². The van der Waals surface area contributed by atoms with E-state index >= 15 is 0 Å². The monoisotopic (exact) mass is 457 g/mol. The fraction of sp³-hybridized carbons (Fsp3) is 1.00. The summed E-state index contributed by atoms with van der Waals surface area (Å²) < 4.78 is 171. The number of hydrogen-bond acceptors (Lipinski definition) is 6. The van der Waals surface area contributed by atoms with Gasteiger partial charge in [0, 0.05) is 29.6 Å². The first-order chi connectivity index (χ1) is 9.50. The van der Waals surface area contributed by atoms with Gasteiger partial charge in [-0.1, -0.05) is 0 Å². The van der Waals surface area contributed by atoms with Gasteiger partial charge in [0.25, 0.3) is 0 Å². The van der Waals surface area contributed by atoms with Gasteiger partial charge in [-0.25, -0.2) is 0 Å². The van der Waals surface area contributed by atoms with Crippen LogP contribution in [0, 0.1) is 0 Å². The number of hydrogen-bond donors (Lipinski definition) is 0. The molecule has 0 unspecified atom stereocenters. The van der Waals surface area contributed by atoms with Crippen LogP contribution in [0.25, 0.3) is 0 Å². The Morgan fingerprint density at radius 2 is 0.625 bits per heavy atom. The first-order valence-electron chi connectivity index (χ1n) is 4.43. The Balaban J connectivity index is 0. The Hall–Kier alpha value is 1.22. The van der Waals surface area contributed by atoms with Crippen LogP contribution in [0.2, 0.25) is 0 Å². The van der Waals surface area contributed by atoms with E-state index < -0.39 is 74.6 Å². The first-order valence-corrected chi connectivity index (χ1v) is 9.88. The summed E-state index contributed by atoms with van der Waals surface area (Å²) in [6.07, 6.45) is 0. The molecule has 135 valence electrons. The SMILES string of the molecule is O=S(=O)(C(F)(F)F)[C]([Na])(S(=O)(=O)C(F)(F)F)S(=O)(=O)C(F)(F)F.[Na]. The van der Waals surface area contributed by atoms with Crippen molar-refractivity contribution in [3.8, 4) is 0 Å². The van der Waals surface area contributed by atoms with E-state index in [1.54, 1.807) is 0 Å². The van der Waals surface area contributed by atoms with Gasteiger partial charge in [0.05, 0.1) is 0 Å². The van der Waals surface area contributed by atoms with Gasteiger partial charge in [-0.2, -0.15) is 0 Å². The smallest absolute Gasteiger partial charge is 0 e. The van der Waals surface area contributed by atoms with Gasteiger partial charge in [-0.15, -0.1) is 0 Å². The Bertz CT molecular complexity index is 678. The van der Waals surface area contributed by atoms with E-state index in [1.165, 1.54) is 0 Å².